The lowest BCUT2D eigenvalue weighted by Crippen LogP contribution is -2.35. The molecule has 12 heteroatoms. The number of nitrogens with one attached hydrogen (secondary N) is 1. The van der Waals surface area contributed by atoms with Crippen molar-refractivity contribution >= 4 is 22.5 Å². The minimum atomic E-state index is -4.48. The molecule has 0 radical (unpaired) electrons. The first-order chi connectivity index (χ1) is 19.3. The molecule has 0 bridgehead atoms. The van der Waals surface area contributed by atoms with Crippen molar-refractivity contribution < 1.29 is 13.2 Å². The van der Waals surface area contributed by atoms with Crippen LogP contribution in [0.15, 0.2) is 73.2 Å². The standard InChI is InChI=1S/C28H24F3N9/c1-16(2)17-8-10-18(11-9-17)21-12-23(28(29,30)31)40-24(34-21)13-22(36-40)25-35-27-20-14-33-39(19-6-4-3-5-7-19)26(20)32-15-38(27)37-25/h3-11,13-16,21,23,34H,12H2,1-2H3. The van der Waals surface area contributed by atoms with Crippen LogP contribution >= 0.6 is 0 Å². The van der Waals surface area contributed by atoms with Gasteiger partial charge in [-0.15, -0.1) is 5.10 Å². The third kappa shape index (κ3) is 3.98. The first-order valence-electron chi connectivity index (χ1n) is 12.9. The SMILES string of the molecule is CC(C)c1ccc(C2CC(C(F)(F)F)n3nc(-c4nc5c6cnn(-c7ccccc7)c6ncn5n4)cc3N2)cc1. The van der Waals surface area contributed by atoms with Gasteiger partial charge in [-0.3, -0.25) is 0 Å². The van der Waals surface area contributed by atoms with Gasteiger partial charge in [0.25, 0.3) is 0 Å². The second kappa shape index (κ2) is 8.90. The first-order valence-corrected chi connectivity index (χ1v) is 12.9. The first kappa shape index (κ1) is 24.3. The van der Waals surface area contributed by atoms with E-state index in [2.05, 4.69) is 44.4 Å². The molecule has 5 heterocycles. The van der Waals surface area contributed by atoms with E-state index in [1.807, 2.05) is 54.6 Å². The summed E-state index contributed by atoms with van der Waals surface area (Å²) in [5.74, 6) is 0.798. The molecule has 0 fully saturated rings. The van der Waals surface area contributed by atoms with E-state index >= 15 is 0 Å². The van der Waals surface area contributed by atoms with Crippen LogP contribution in [0.2, 0.25) is 0 Å². The summed E-state index contributed by atoms with van der Waals surface area (Å²) in [5, 5.41) is 17.2. The highest BCUT2D eigenvalue weighted by Crippen LogP contribution is 2.44. The van der Waals surface area contributed by atoms with Gasteiger partial charge >= 0.3 is 6.18 Å². The van der Waals surface area contributed by atoms with E-state index in [4.69, 9.17) is 0 Å². The highest BCUT2D eigenvalue weighted by molar-refractivity contribution is 5.89. The number of halogens is 3. The van der Waals surface area contributed by atoms with Crippen molar-refractivity contribution in [3.05, 3.63) is 84.3 Å². The number of nitrogens with zero attached hydrogens (tertiary/aromatic N) is 8. The number of anilines is 1. The molecule has 0 saturated carbocycles. The third-order valence-corrected chi connectivity index (χ3v) is 7.33. The molecule has 1 aliphatic heterocycles. The molecule has 0 spiro atoms. The zero-order chi connectivity index (χ0) is 27.6. The van der Waals surface area contributed by atoms with Crippen LogP contribution < -0.4 is 5.32 Å². The van der Waals surface area contributed by atoms with Crippen LogP contribution in [0.5, 0.6) is 0 Å². The molecule has 9 nitrogen and oxygen atoms in total. The van der Waals surface area contributed by atoms with Gasteiger partial charge in [0, 0.05) is 12.5 Å². The van der Waals surface area contributed by atoms with Crippen molar-refractivity contribution in [2.45, 2.75) is 44.4 Å². The van der Waals surface area contributed by atoms with Gasteiger partial charge < -0.3 is 5.32 Å². The number of fused-ring (bicyclic) bond motifs is 4. The molecule has 2 aromatic carbocycles. The zero-order valence-corrected chi connectivity index (χ0v) is 21.6. The highest BCUT2D eigenvalue weighted by atomic mass is 19.4. The molecular formula is C28H24F3N9. The van der Waals surface area contributed by atoms with Crippen LogP contribution in [0.1, 0.15) is 49.4 Å². The average molecular weight is 544 g/mol. The Labute approximate surface area is 226 Å². The van der Waals surface area contributed by atoms with Gasteiger partial charge in [0.2, 0.25) is 5.82 Å². The molecule has 1 aliphatic rings. The molecule has 2 unspecified atom stereocenters. The lowest BCUT2D eigenvalue weighted by molar-refractivity contribution is -0.173. The molecular weight excluding hydrogens is 519 g/mol. The van der Waals surface area contributed by atoms with Gasteiger partial charge in [-0.1, -0.05) is 56.3 Å². The molecule has 0 aliphatic carbocycles. The highest BCUT2D eigenvalue weighted by Gasteiger charge is 2.46. The van der Waals surface area contributed by atoms with Crippen molar-refractivity contribution in [1.29, 1.82) is 0 Å². The Morgan fingerprint density at radius 3 is 2.48 bits per heavy atom. The van der Waals surface area contributed by atoms with Crippen molar-refractivity contribution in [3.63, 3.8) is 0 Å². The molecule has 1 N–H and O–H groups in total. The second-order valence-corrected chi connectivity index (χ2v) is 10.2. The van der Waals surface area contributed by atoms with Crippen molar-refractivity contribution in [3.8, 4) is 17.2 Å². The molecule has 2 atom stereocenters. The van der Waals surface area contributed by atoms with Crippen LogP contribution in [0.3, 0.4) is 0 Å². The summed E-state index contributed by atoms with van der Waals surface area (Å²) in [6.45, 7) is 4.16. The third-order valence-electron chi connectivity index (χ3n) is 7.33. The van der Waals surface area contributed by atoms with Crippen molar-refractivity contribution in [2.75, 3.05) is 5.32 Å². The Kier molecular flexibility index (Phi) is 5.41. The van der Waals surface area contributed by atoms with E-state index in [0.717, 1.165) is 21.5 Å². The Morgan fingerprint density at radius 1 is 0.975 bits per heavy atom. The summed E-state index contributed by atoms with van der Waals surface area (Å²) in [6, 6.07) is 16.5. The molecule has 4 aromatic heterocycles. The monoisotopic (exact) mass is 543 g/mol. The number of para-hydroxylation sites is 1. The van der Waals surface area contributed by atoms with Gasteiger partial charge in [0.15, 0.2) is 17.3 Å². The predicted octanol–water partition coefficient (Wildman–Crippen LogP) is 6.11. The fourth-order valence-electron chi connectivity index (χ4n) is 5.20. The fraction of sp³-hybridized carbons (Fsp3) is 0.250. The summed E-state index contributed by atoms with van der Waals surface area (Å²) < 4.78 is 46.9. The summed E-state index contributed by atoms with van der Waals surface area (Å²) in [6.07, 6.45) is -1.50. The Morgan fingerprint density at radius 2 is 1.75 bits per heavy atom. The lowest BCUT2D eigenvalue weighted by Gasteiger charge is -2.33. The van der Waals surface area contributed by atoms with Crippen molar-refractivity contribution in [1.82, 2.24) is 39.1 Å². The van der Waals surface area contributed by atoms with Gasteiger partial charge in [-0.2, -0.15) is 23.4 Å². The maximum Gasteiger partial charge on any atom is 0.410 e. The number of hydrogen-bond donors (Lipinski definition) is 1. The van der Waals surface area contributed by atoms with E-state index in [-0.39, 0.29) is 23.8 Å². The quantitative estimate of drug-likeness (QED) is 0.289. The summed E-state index contributed by atoms with van der Waals surface area (Å²) in [4.78, 5) is 9.12. The molecule has 0 saturated heterocycles. The van der Waals surface area contributed by atoms with Crippen LogP contribution in [0.4, 0.5) is 19.0 Å². The van der Waals surface area contributed by atoms with E-state index in [1.54, 1.807) is 16.9 Å². The van der Waals surface area contributed by atoms with E-state index in [0.29, 0.717) is 22.6 Å². The van der Waals surface area contributed by atoms with Crippen LogP contribution in [0, 0.1) is 0 Å². The minimum absolute atomic E-state index is 0.180. The minimum Gasteiger partial charge on any atom is -0.363 e. The zero-order valence-electron chi connectivity index (χ0n) is 21.6. The normalized spacial score (nSPS) is 17.4. The smallest absolute Gasteiger partial charge is 0.363 e. The van der Waals surface area contributed by atoms with Crippen LogP contribution in [-0.4, -0.2) is 45.3 Å². The van der Waals surface area contributed by atoms with E-state index < -0.39 is 18.3 Å². The number of alkyl halides is 3. The van der Waals surface area contributed by atoms with Crippen LogP contribution in [-0.2, 0) is 0 Å². The lowest BCUT2D eigenvalue weighted by atomic mass is 9.94. The molecule has 202 valence electrons. The fourth-order valence-corrected chi connectivity index (χ4v) is 5.20. The van der Waals surface area contributed by atoms with Gasteiger partial charge in [0.1, 0.15) is 17.8 Å². The largest absolute Gasteiger partial charge is 0.410 e. The number of hydrogen-bond acceptors (Lipinski definition) is 6. The number of aromatic nitrogens is 8. The predicted molar refractivity (Wildman–Crippen MR) is 143 cm³/mol. The molecule has 6 aromatic rings. The van der Waals surface area contributed by atoms with Crippen LogP contribution in [0.25, 0.3) is 33.9 Å². The molecule has 40 heavy (non-hydrogen) atoms. The van der Waals surface area contributed by atoms with Gasteiger partial charge in [-0.05, 0) is 29.2 Å². The summed E-state index contributed by atoms with van der Waals surface area (Å²) in [7, 11) is 0. The van der Waals surface area contributed by atoms with E-state index in [1.165, 1.54) is 10.8 Å². The Bertz CT molecular complexity index is 1830. The Hall–Kier alpha value is -4.74. The maximum absolute atomic E-state index is 14.2. The number of rotatable bonds is 4. The summed E-state index contributed by atoms with van der Waals surface area (Å²) in [5.41, 5.74) is 4.08. The summed E-state index contributed by atoms with van der Waals surface area (Å²) >= 11 is 0. The van der Waals surface area contributed by atoms with E-state index in [9.17, 15) is 13.2 Å². The maximum atomic E-state index is 14.2. The average Bonchev–Trinajstić information content (AvgIpc) is 3.68. The van der Waals surface area contributed by atoms with Gasteiger partial charge in [0.05, 0.1) is 23.3 Å². The molecule has 0 amide bonds. The topological polar surface area (TPSA) is 90.8 Å². The van der Waals surface area contributed by atoms with Gasteiger partial charge in [-0.25, -0.2) is 23.8 Å². The second-order valence-electron chi connectivity index (χ2n) is 10.2. The number of benzene rings is 2. The molecule has 7 rings (SSSR count). The van der Waals surface area contributed by atoms with Crippen molar-refractivity contribution in [2.24, 2.45) is 0 Å². The Balaban J connectivity index is 1.27.